The quantitative estimate of drug-likeness (QED) is 0.201. The molecular weight excluding hydrogens is 572 g/mol. The fourth-order valence-electron chi connectivity index (χ4n) is 5.18. The van der Waals surface area contributed by atoms with Crippen LogP contribution in [-0.4, -0.2) is 47.3 Å². The first-order valence-corrected chi connectivity index (χ1v) is 13.8. The van der Waals surface area contributed by atoms with E-state index in [0.29, 0.717) is 30.3 Å². The number of fused-ring (bicyclic) bond motifs is 1. The number of hydrogen-bond donors (Lipinski definition) is 3. The second-order valence-corrected chi connectivity index (χ2v) is 10.9. The van der Waals surface area contributed by atoms with Crippen LogP contribution < -0.4 is 21.1 Å². The Kier molecular flexibility index (Phi) is 9.72. The number of Topliss-reactive ketones (excluding diaryl/α,β-unsaturated/α-hetero) is 1. The summed E-state index contributed by atoms with van der Waals surface area (Å²) in [5.74, 6) is -11.7. The SMILES string of the molecule is CC(C)CC[C@@H](C(=O)N[C@@H](C[C@@H]1CCNC1=O)C(=O)COc1c(F)c(F)cc(F)c1F)n1c(C(N)=O)cc2ccccc21. The lowest BCUT2D eigenvalue weighted by Gasteiger charge is -2.26. The van der Waals surface area contributed by atoms with Crippen molar-refractivity contribution >= 4 is 34.4 Å². The summed E-state index contributed by atoms with van der Waals surface area (Å²) in [6.45, 7) is 3.19. The highest BCUT2D eigenvalue weighted by Crippen LogP contribution is 2.30. The number of primary amides is 1. The number of nitrogens with zero attached hydrogens (tertiary/aromatic N) is 1. The Labute approximate surface area is 244 Å². The van der Waals surface area contributed by atoms with Crippen LogP contribution in [0.4, 0.5) is 17.6 Å². The molecule has 43 heavy (non-hydrogen) atoms. The Morgan fingerprint density at radius 1 is 1.07 bits per heavy atom. The van der Waals surface area contributed by atoms with E-state index in [2.05, 4.69) is 10.6 Å². The van der Waals surface area contributed by atoms with Crippen molar-refractivity contribution in [3.63, 3.8) is 0 Å². The molecule has 9 nitrogen and oxygen atoms in total. The maximum atomic E-state index is 14.1. The molecule has 3 atom stereocenters. The van der Waals surface area contributed by atoms with E-state index in [1.165, 1.54) is 4.57 Å². The van der Waals surface area contributed by atoms with Crippen molar-refractivity contribution < 1.29 is 41.5 Å². The number of halogens is 4. The van der Waals surface area contributed by atoms with Gasteiger partial charge in [-0.25, -0.2) is 8.78 Å². The van der Waals surface area contributed by atoms with Gasteiger partial charge in [-0.1, -0.05) is 32.0 Å². The van der Waals surface area contributed by atoms with E-state index >= 15 is 0 Å². The molecule has 1 fully saturated rings. The summed E-state index contributed by atoms with van der Waals surface area (Å²) < 4.78 is 62.0. The maximum Gasteiger partial charge on any atom is 0.265 e. The first-order chi connectivity index (χ1) is 20.4. The normalized spacial score (nSPS) is 16.3. The molecule has 0 spiro atoms. The molecule has 0 bridgehead atoms. The van der Waals surface area contributed by atoms with Crippen LogP contribution in [0.5, 0.6) is 5.75 Å². The van der Waals surface area contributed by atoms with Gasteiger partial charge in [-0.2, -0.15) is 8.78 Å². The van der Waals surface area contributed by atoms with Crippen LogP contribution >= 0.6 is 0 Å². The van der Waals surface area contributed by atoms with Gasteiger partial charge >= 0.3 is 0 Å². The number of aromatic nitrogens is 1. The fraction of sp³-hybridized carbons (Fsp3) is 0.400. The molecule has 3 amide bonds. The lowest BCUT2D eigenvalue weighted by atomic mass is 9.95. The summed E-state index contributed by atoms with van der Waals surface area (Å²) in [6.07, 6.45) is 0.999. The zero-order valence-corrected chi connectivity index (χ0v) is 23.6. The molecule has 0 radical (unpaired) electrons. The zero-order valence-electron chi connectivity index (χ0n) is 23.6. The Bertz CT molecular complexity index is 1530. The molecule has 3 aromatic rings. The molecule has 1 saturated heterocycles. The number of ether oxygens (including phenoxy) is 1. The lowest BCUT2D eigenvalue weighted by molar-refractivity contribution is -0.132. The van der Waals surface area contributed by atoms with Gasteiger partial charge in [0.2, 0.25) is 23.4 Å². The average molecular weight is 605 g/mol. The molecule has 1 aliphatic rings. The standard InChI is InChI=1S/C30H32F4N4O5/c1-15(2)7-8-22(38-21-6-4-3-5-16(21)12-23(38)28(35)40)30(42)37-20(11-17-9-10-36-29(17)41)24(39)14-43-27-25(33)18(31)13-19(32)26(27)34/h3-6,12-13,15,17,20,22H,7-11,14H2,1-2H3,(H2,35,40)(H,36,41)(H,37,42)/t17-,20-,22-/m0/s1. The first kappa shape index (κ1) is 31.5. The summed E-state index contributed by atoms with van der Waals surface area (Å²) in [5, 5.41) is 5.94. The number of ketones is 1. The van der Waals surface area contributed by atoms with Crippen LogP contribution in [0, 0.1) is 35.1 Å². The largest absolute Gasteiger partial charge is 0.479 e. The predicted octanol–water partition coefficient (Wildman–Crippen LogP) is 3.93. The van der Waals surface area contributed by atoms with E-state index in [9.17, 15) is 36.7 Å². The highest BCUT2D eigenvalue weighted by atomic mass is 19.2. The molecule has 230 valence electrons. The van der Waals surface area contributed by atoms with Gasteiger partial charge in [-0.3, -0.25) is 19.2 Å². The molecule has 13 heteroatoms. The number of carbonyl (C=O) groups is 4. The topological polar surface area (TPSA) is 133 Å². The Balaban J connectivity index is 1.66. The Morgan fingerprint density at radius 2 is 1.74 bits per heavy atom. The third-order valence-corrected chi connectivity index (χ3v) is 7.45. The van der Waals surface area contributed by atoms with E-state index < -0.39 is 71.2 Å². The van der Waals surface area contributed by atoms with Gasteiger partial charge in [0.25, 0.3) is 5.91 Å². The second-order valence-electron chi connectivity index (χ2n) is 10.9. The highest BCUT2D eigenvalue weighted by molar-refractivity contribution is 6.00. The van der Waals surface area contributed by atoms with Gasteiger partial charge < -0.3 is 25.7 Å². The minimum Gasteiger partial charge on any atom is -0.479 e. The number of nitrogens with one attached hydrogen (secondary N) is 2. The monoisotopic (exact) mass is 604 g/mol. The van der Waals surface area contributed by atoms with Crippen molar-refractivity contribution in [2.75, 3.05) is 13.2 Å². The minimum atomic E-state index is -1.82. The number of carbonyl (C=O) groups excluding carboxylic acids is 4. The number of hydrogen-bond acceptors (Lipinski definition) is 5. The average Bonchev–Trinajstić information content (AvgIpc) is 3.55. The van der Waals surface area contributed by atoms with E-state index in [1.807, 2.05) is 13.8 Å². The van der Waals surface area contributed by atoms with Crippen molar-refractivity contribution in [2.24, 2.45) is 17.6 Å². The third kappa shape index (κ3) is 6.98. The zero-order chi connectivity index (χ0) is 31.4. The fourth-order valence-corrected chi connectivity index (χ4v) is 5.18. The summed E-state index contributed by atoms with van der Waals surface area (Å²) >= 11 is 0. The molecule has 2 aromatic carbocycles. The summed E-state index contributed by atoms with van der Waals surface area (Å²) in [5.41, 5.74) is 6.30. The van der Waals surface area contributed by atoms with Crippen LogP contribution in [0.2, 0.25) is 0 Å². The highest BCUT2D eigenvalue weighted by Gasteiger charge is 2.35. The van der Waals surface area contributed by atoms with Gasteiger partial charge in [0.05, 0.1) is 6.04 Å². The maximum absolute atomic E-state index is 14.1. The number of nitrogens with two attached hydrogens (primary N) is 1. The van der Waals surface area contributed by atoms with E-state index in [1.54, 1.807) is 30.3 Å². The Morgan fingerprint density at radius 3 is 2.35 bits per heavy atom. The first-order valence-electron chi connectivity index (χ1n) is 13.8. The number of benzene rings is 2. The third-order valence-electron chi connectivity index (χ3n) is 7.45. The number of rotatable bonds is 13. The molecule has 4 rings (SSSR count). The van der Waals surface area contributed by atoms with Crippen molar-refractivity contribution in [1.29, 1.82) is 0 Å². The number of amides is 3. The van der Waals surface area contributed by atoms with Crippen molar-refractivity contribution in [3.05, 3.63) is 65.4 Å². The van der Waals surface area contributed by atoms with Gasteiger partial charge in [-0.15, -0.1) is 0 Å². The van der Waals surface area contributed by atoms with Crippen LogP contribution in [0.25, 0.3) is 10.9 Å². The van der Waals surface area contributed by atoms with Crippen LogP contribution in [-0.2, 0) is 14.4 Å². The van der Waals surface area contributed by atoms with Crippen LogP contribution in [0.15, 0.2) is 36.4 Å². The van der Waals surface area contributed by atoms with E-state index in [0.717, 1.165) is 0 Å². The summed E-state index contributed by atoms with van der Waals surface area (Å²) in [6, 6.07) is 6.15. The molecule has 0 unspecified atom stereocenters. The number of para-hydroxylation sites is 1. The minimum absolute atomic E-state index is 0.00364. The predicted molar refractivity (Wildman–Crippen MR) is 148 cm³/mol. The summed E-state index contributed by atoms with van der Waals surface area (Å²) in [4.78, 5) is 52.0. The Hall–Kier alpha value is -4.42. The molecule has 0 aliphatic carbocycles. The molecular formula is C30H32F4N4O5. The van der Waals surface area contributed by atoms with Crippen molar-refractivity contribution in [2.45, 2.75) is 51.6 Å². The van der Waals surface area contributed by atoms with Gasteiger partial charge in [0.1, 0.15) is 18.3 Å². The van der Waals surface area contributed by atoms with E-state index in [-0.39, 0.29) is 36.4 Å². The summed E-state index contributed by atoms with van der Waals surface area (Å²) in [7, 11) is 0. The van der Waals surface area contributed by atoms with Gasteiger partial charge in [0.15, 0.2) is 23.2 Å². The smallest absolute Gasteiger partial charge is 0.265 e. The lowest BCUT2D eigenvalue weighted by Crippen LogP contribution is -2.47. The second kappa shape index (κ2) is 13.3. The molecule has 1 aliphatic heterocycles. The van der Waals surface area contributed by atoms with Crippen molar-refractivity contribution in [1.82, 2.24) is 15.2 Å². The van der Waals surface area contributed by atoms with Crippen LogP contribution in [0.3, 0.4) is 0 Å². The van der Waals surface area contributed by atoms with Crippen molar-refractivity contribution in [3.8, 4) is 5.75 Å². The molecule has 1 aromatic heterocycles. The van der Waals surface area contributed by atoms with Crippen LogP contribution in [0.1, 0.15) is 56.1 Å². The molecule has 4 N–H and O–H groups in total. The van der Waals surface area contributed by atoms with Gasteiger partial charge in [-0.05, 0) is 43.7 Å². The van der Waals surface area contributed by atoms with E-state index in [4.69, 9.17) is 10.5 Å². The van der Waals surface area contributed by atoms with Gasteiger partial charge in [0, 0.05) is 29.4 Å². The molecule has 0 saturated carbocycles. The molecule has 2 heterocycles.